The van der Waals surface area contributed by atoms with Crippen molar-refractivity contribution in [2.75, 3.05) is 20.1 Å². The fourth-order valence-electron chi connectivity index (χ4n) is 1.53. The SMILES string of the molecule is CC(C)CN=C(NN)NC1CCN(C)C1=O. The van der Waals surface area contributed by atoms with Crippen LogP contribution in [0.3, 0.4) is 0 Å². The highest BCUT2D eigenvalue weighted by atomic mass is 16.2. The number of likely N-dealkylation sites (tertiary alicyclic amines) is 1. The van der Waals surface area contributed by atoms with Crippen LogP contribution in [0.4, 0.5) is 0 Å². The second-order valence-electron chi connectivity index (χ2n) is 4.47. The van der Waals surface area contributed by atoms with E-state index in [0.717, 1.165) is 13.0 Å². The average molecular weight is 227 g/mol. The Labute approximate surface area is 96.2 Å². The second-order valence-corrected chi connectivity index (χ2v) is 4.47. The topological polar surface area (TPSA) is 82.8 Å². The predicted octanol–water partition coefficient (Wildman–Crippen LogP) is -0.718. The molecule has 0 spiro atoms. The van der Waals surface area contributed by atoms with Crippen LogP contribution in [-0.2, 0) is 4.79 Å². The van der Waals surface area contributed by atoms with Crippen molar-refractivity contribution in [1.29, 1.82) is 0 Å². The summed E-state index contributed by atoms with van der Waals surface area (Å²) < 4.78 is 0. The summed E-state index contributed by atoms with van der Waals surface area (Å²) in [6, 6.07) is -0.202. The lowest BCUT2D eigenvalue weighted by Gasteiger charge is -2.15. The molecule has 1 aliphatic rings. The normalized spacial score (nSPS) is 21.8. The molecular formula is C10H21N5O. The van der Waals surface area contributed by atoms with Crippen LogP contribution in [0.15, 0.2) is 4.99 Å². The van der Waals surface area contributed by atoms with Crippen molar-refractivity contribution < 1.29 is 4.79 Å². The molecule has 0 aromatic rings. The maximum absolute atomic E-state index is 11.6. The van der Waals surface area contributed by atoms with Crippen molar-refractivity contribution in [2.45, 2.75) is 26.3 Å². The number of aliphatic imine (C=N–C) groups is 1. The molecule has 0 aromatic carbocycles. The third kappa shape index (κ3) is 3.37. The fourth-order valence-corrected chi connectivity index (χ4v) is 1.53. The molecule has 1 saturated heterocycles. The Morgan fingerprint density at radius 3 is 2.81 bits per heavy atom. The zero-order chi connectivity index (χ0) is 12.1. The molecule has 1 fully saturated rings. The highest BCUT2D eigenvalue weighted by molar-refractivity contribution is 5.89. The maximum Gasteiger partial charge on any atom is 0.244 e. The van der Waals surface area contributed by atoms with Gasteiger partial charge in [-0.3, -0.25) is 15.2 Å². The summed E-state index contributed by atoms with van der Waals surface area (Å²) in [6.45, 7) is 5.61. The Balaban J connectivity index is 2.50. The quantitative estimate of drug-likeness (QED) is 0.257. The number of carbonyl (C=O) groups is 1. The summed E-state index contributed by atoms with van der Waals surface area (Å²) in [5.41, 5.74) is 2.49. The molecule has 0 aromatic heterocycles. The van der Waals surface area contributed by atoms with Crippen molar-refractivity contribution in [2.24, 2.45) is 16.8 Å². The van der Waals surface area contributed by atoms with Crippen molar-refractivity contribution in [3.05, 3.63) is 0 Å². The first kappa shape index (κ1) is 12.8. The first-order valence-corrected chi connectivity index (χ1v) is 5.57. The van der Waals surface area contributed by atoms with Gasteiger partial charge < -0.3 is 10.2 Å². The number of nitrogens with one attached hydrogen (secondary N) is 2. The molecule has 0 bridgehead atoms. The third-order valence-electron chi connectivity index (χ3n) is 2.49. The number of amides is 1. The van der Waals surface area contributed by atoms with Gasteiger partial charge in [0.25, 0.3) is 0 Å². The van der Waals surface area contributed by atoms with Crippen LogP contribution in [0.1, 0.15) is 20.3 Å². The number of hydrazine groups is 1. The first-order valence-electron chi connectivity index (χ1n) is 5.57. The number of carbonyl (C=O) groups excluding carboxylic acids is 1. The minimum Gasteiger partial charge on any atom is -0.344 e. The van der Waals surface area contributed by atoms with Crippen LogP contribution in [0.5, 0.6) is 0 Å². The number of guanidine groups is 1. The van der Waals surface area contributed by atoms with E-state index in [9.17, 15) is 4.79 Å². The van der Waals surface area contributed by atoms with Gasteiger partial charge in [-0.1, -0.05) is 13.8 Å². The van der Waals surface area contributed by atoms with Crippen LogP contribution in [0, 0.1) is 5.92 Å². The summed E-state index contributed by atoms with van der Waals surface area (Å²) in [6.07, 6.45) is 0.789. The zero-order valence-electron chi connectivity index (χ0n) is 10.2. The van der Waals surface area contributed by atoms with Crippen LogP contribution >= 0.6 is 0 Å². The molecule has 1 amide bonds. The lowest BCUT2D eigenvalue weighted by molar-refractivity contribution is -0.127. The molecular weight excluding hydrogens is 206 g/mol. The van der Waals surface area contributed by atoms with Crippen LogP contribution < -0.4 is 16.6 Å². The minimum absolute atomic E-state index is 0.0903. The molecule has 1 atom stereocenters. The summed E-state index contributed by atoms with van der Waals surface area (Å²) >= 11 is 0. The lowest BCUT2D eigenvalue weighted by Crippen LogP contribution is -2.49. The lowest BCUT2D eigenvalue weighted by atomic mass is 10.2. The highest BCUT2D eigenvalue weighted by Crippen LogP contribution is 2.07. The first-order chi connectivity index (χ1) is 7.54. The van der Waals surface area contributed by atoms with Gasteiger partial charge in [0.05, 0.1) is 0 Å². The van der Waals surface area contributed by atoms with Gasteiger partial charge in [-0.05, 0) is 12.3 Å². The molecule has 1 aliphatic heterocycles. The monoisotopic (exact) mass is 227 g/mol. The number of likely N-dealkylation sites (N-methyl/N-ethyl adjacent to an activating group) is 1. The Bertz CT molecular complexity index is 276. The Morgan fingerprint density at radius 1 is 1.69 bits per heavy atom. The standard InChI is InChI=1S/C10H21N5O/c1-7(2)6-12-10(14-11)13-8-4-5-15(3)9(8)16/h7-8H,4-6,11H2,1-3H3,(H2,12,13,14). The fraction of sp³-hybridized carbons (Fsp3) is 0.800. The van der Waals surface area contributed by atoms with Crippen molar-refractivity contribution >= 4 is 11.9 Å². The molecule has 1 rings (SSSR count). The number of nitrogens with zero attached hydrogens (tertiary/aromatic N) is 2. The molecule has 0 aliphatic carbocycles. The zero-order valence-corrected chi connectivity index (χ0v) is 10.2. The van der Waals surface area contributed by atoms with Gasteiger partial charge in [0.15, 0.2) is 0 Å². The van der Waals surface area contributed by atoms with Crippen LogP contribution in [-0.4, -0.2) is 42.9 Å². The molecule has 6 heteroatoms. The van der Waals surface area contributed by atoms with Gasteiger partial charge >= 0.3 is 0 Å². The molecule has 1 heterocycles. The van der Waals surface area contributed by atoms with Crippen molar-refractivity contribution in [3.63, 3.8) is 0 Å². The van der Waals surface area contributed by atoms with Gasteiger partial charge in [-0.25, -0.2) is 5.84 Å². The van der Waals surface area contributed by atoms with Gasteiger partial charge in [0.2, 0.25) is 11.9 Å². The van der Waals surface area contributed by atoms with E-state index in [0.29, 0.717) is 18.4 Å². The van der Waals surface area contributed by atoms with E-state index in [-0.39, 0.29) is 11.9 Å². The van der Waals surface area contributed by atoms with Crippen LogP contribution in [0.2, 0.25) is 0 Å². The smallest absolute Gasteiger partial charge is 0.244 e. The molecule has 92 valence electrons. The van der Waals surface area contributed by atoms with Gasteiger partial charge in [-0.15, -0.1) is 0 Å². The maximum atomic E-state index is 11.6. The molecule has 0 radical (unpaired) electrons. The highest BCUT2D eigenvalue weighted by Gasteiger charge is 2.29. The summed E-state index contributed by atoms with van der Waals surface area (Å²) in [4.78, 5) is 17.6. The number of hydrogen-bond acceptors (Lipinski definition) is 3. The number of rotatable bonds is 3. The minimum atomic E-state index is -0.202. The van der Waals surface area contributed by atoms with E-state index < -0.39 is 0 Å². The summed E-state index contributed by atoms with van der Waals surface area (Å²) in [7, 11) is 1.80. The van der Waals surface area contributed by atoms with E-state index >= 15 is 0 Å². The van der Waals surface area contributed by atoms with Gasteiger partial charge in [0, 0.05) is 20.1 Å². The van der Waals surface area contributed by atoms with E-state index in [1.54, 1.807) is 11.9 Å². The third-order valence-corrected chi connectivity index (χ3v) is 2.49. The van der Waals surface area contributed by atoms with Gasteiger partial charge in [-0.2, -0.15) is 0 Å². The molecule has 0 saturated carbocycles. The Hall–Kier alpha value is -1.30. The van der Waals surface area contributed by atoms with Crippen molar-refractivity contribution in [1.82, 2.24) is 15.6 Å². The molecule has 6 nitrogen and oxygen atoms in total. The average Bonchev–Trinajstić information content (AvgIpc) is 2.55. The van der Waals surface area contributed by atoms with Gasteiger partial charge in [0.1, 0.15) is 6.04 Å². The predicted molar refractivity (Wildman–Crippen MR) is 63.6 cm³/mol. The summed E-state index contributed by atoms with van der Waals surface area (Å²) in [5, 5.41) is 3.02. The Morgan fingerprint density at radius 2 is 2.38 bits per heavy atom. The molecule has 16 heavy (non-hydrogen) atoms. The van der Waals surface area contributed by atoms with E-state index in [1.807, 2.05) is 0 Å². The molecule has 1 unspecified atom stereocenters. The Kier molecular flexibility index (Phi) is 4.54. The van der Waals surface area contributed by atoms with E-state index in [2.05, 4.69) is 29.6 Å². The van der Waals surface area contributed by atoms with Crippen LogP contribution in [0.25, 0.3) is 0 Å². The number of hydrogen-bond donors (Lipinski definition) is 3. The molecule has 4 N–H and O–H groups in total. The van der Waals surface area contributed by atoms with E-state index in [1.165, 1.54) is 0 Å². The second kappa shape index (κ2) is 5.69. The van der Waals surface area contributed by atoms with E-state index in [4.69, 9.17) is 5.84 Å². The van der Waals surface area contributed by atoms with Crippen molar-refractivity contribution in [3.8, 4) is 0 Å². The summed E-state index contributed by atoms with van der Waals surface area (Å²) in [5.74, 6) is 6.39. The largest absolute Gasteiger partial charge is 0.344 e. The number of nitrogens with two attached hydrogens (primary N) is 1.